The zero-order chi connectivity index (χ0) is 14.4. The molecule has 0 amide bonds. The van der Waals surface area contributed by atoms with E-state index < -0.39 is 0 Å². The van der Waals surface area contributed by atoms with Crippen molar-refractivity contribution < 1.29 is 0 Å². The minimum atomic E-state index is 0.0216. The number of anilines is 1. The molecule has 5 heteroatoms. The lowest BCUT2D eigenvalue weighted by Crippen LogP contribution is -1.92. The van der Waals surface area contributed by atoms with Gasteiger partial charge < -0.3 is 5.32 Å². The third-order valence-electron chi connectivity index (χ3n) is 2.56. The monoisotopic (exact) mass is 261 g/mol. The van der Waals surface area contributed by atoms with Crippen molar-refractivity contribution in [1.29, 1.82) is 10.5 Å². The predicted molar refractivity (Wildman–Crippen MR) is 75.1 cm³/mol. The molecule has 1 N–H and O–H groups in total. The Labute approximate surface area is 116 Å². The number of nitrogens with one attached hydrogen (secondary N) is 1. The summed E-state index contributed by atoms with van der Waals surface area (Å²) in [4.78, 5) is 8.41. The number of aromatic nitrogens is 2. The molecule has 0 bridgehead atoms. The van der Waals surface area contributed by atoms with E-state index in [4.69, 9.17) is 10.5 Å². The van der Waals surface area contributed by atoms with Crippen molar-refractivity contribution in [2.24, 2.45) is 0 Å². The van der Waals surface area contributed by atoms with Crippen molar-refractivity contribution in [2.45, 2.75) is 6.92 Å². The Morgan fingerprint density at radius 3 is 2.75 bits per heavy atom. The topological polar surface area (TPSA) is 85.4 Å². The van der Waals surface area contributed by atoms with Gasteiger partial charge >= 0.3 is 0 Å². The number of aryl methyl sites for hydroxylation is 1. The van der Waals surface area contributed by atoms with E-state index in [0.29, 0.717) is 5.82 Å². The van der Waals surface area contributed by atoms with Gasteiger partial charge in [-0.05, 0) is 25.1 Å². The summed E-state index contributed by atoms with van der Waals surface area (Å²) in [6.07, 6.45) is 3.09. The van der Waals surface area contributed by atoms with Crippen LogP contribution in [0.3, 0.4) is 0 Å². The van der Waals surface area contributed by atoms with E-state index in [1.807, 2.05) is 37.3 Å². The number of allylic oxidation sites excluding steroid dienone is 1. The molecule has 1 heterocycles. The summed E-state index contributed by atoms with van der Waals surface area (Å²) in [5, 5.41) is 20.3. The van der Waals surface area contributed by atoms with E-state index in [0.717, 1.165) is 16.9 Å². The maximum Gasteiger partial charge on any atom is 0.145 e. The molecule has 2 aromatic rings. The first-order chi connectivity index (χ1) is 9.72. The molecule has 0 aliphatic carbocycles. The van der Waals surface area contributed by atoms with Gasteiger partial charge in [0.25, 0.3) is 0 Å². The van der Waals surface area contributed by atoms with Crippen LogP contribution in [0.15, 0.2) is 48.3 Å². The van der Waals surface area contributed by atoms with Gasteiger partial charge in [0.05, 0.1) is 5.69 Å². The fourth-order valence-corrected chi connectivity index (χ4v) is 1.63. The molecular weight excluding hydrogens is 250 g/mol. The van der Waals surface area contributed by atoms with Crippen LogP contribution in [0, 0.1) is 29.6 Å². The normalized spacial score (nSPS) is 9.15. The Kier molecular flexibility index (Phi) is 4.06. The molecule has 1 aromatic carbocycles. The number of hydrogen-bond acceptors (Lipinski definition) is 5. The van der Waals surface area contributed by atoms with Crippen molar-refractivity contribution >= 4 is 5.69 Å². The molecule has 0 radical (unpaired) electrons. The molecule has 1 aromatic heterocycles. The molecule has 0 aliphatic heterocycles. The van der Waals surface area contributed by atoms with Crippen LogP contribution in [0.4, 0.5) is 5.69 Å². The Bertz CT molecular complexity index is 718. The Hall–Kier alpha value is -3.18. The van der Waals surface area contributed by atoms with Gasteiger partial charge in [-0.3, -0.25) is 0 Å². The molecule has 0 saturated carbocycles. The van der Waals surface area contributed by atoms with Crippen molar-refractivity contribution in [2.75, 3.05) is 5.32 Å². The predicted octanol–water partition coefficient (Wildman–Crippen LogP) is 2.79. The van der Waals surface area contributed by atoms with Crippen LogP contribution in [-0.2, 0) is 0 Å². The molecule has 2 rings (SSSR count). The molecule has 5 nitrogen and oxygen atoms in total. The lowest BCUT2D eigenvalue weighted by molar-refractivity contribution is 1.06. The molecule has 0 unspecified atom stereocenters. The number of nitrogens with zero attached hydrogens (tertiary/aromatic N) is 4. The van der Waals surface area contributed by atoms with Crippen LogP contribution in [0.1, 0.15) is 5.82 Å². The molecular formula is C15H11N5. The van der Waals surface area contributed by atoms with Crippen LogP contribution in [0.2, 0.25) is 0 Å². The number of benzene rings is 1. The number of hydrogen-bond donors (Lipinski definition) is 1. The second-order valence-corrected chi connectivity index (χ2v) is 4.00. The highest BCUT2D eigenvalue weighted by molar-refractivity contribution is 5.65. The van der Waals surface area contributed by atoms with E-state index >= 15 is 0 Å². The van der Waals surface area contributed by atoms with Gasteiger partial charge in [0.15, 0.2) is 0 Å². The molecule has 0 aliphatic rings. The second kappa shape index (κ2) is 6.12. The first-order valence-corrected chi connectivity index (χ1v) is 5.90. The fourth-order valence-electron chi connectivity index (χ4n) is 1.63. The standard InChI is InChI=1S/C15H11N5/c1-11-18-6-5-15(20-11)13-3-2-4-14(7-13)19-10-12(8-16)9-17/h2-7,10,19H,1H3. The van der Waals surface area contributed by atoms with Crippen molar-refractivity contribution in [1.82, 2.24) is 9.97 Å². The highest BCUT2D eigenvalue weighted by atomic mass is 14.9. The Morgan fingerprint density at radius 2 is 2.05 bits per heavy atom. The van der Waals surface area contributed by atoms with E-state index in [2.05, 4.69) is 15.3 Å². The zero-order valence-electron chi connectivity index (χ0n) is 10.8. The second-order valence-electron chi connectivity index (χ2n) is 4.00. The minimum Gasteiger partial charge on any atom is -0.360 e. The van der Waals surface area contributed by atoms with Crippen molar-refractivity contribution in [3.63, 3.8) is 0 Å². The smallest absolute Gasteiger partial charge is 0.145 e. The SMILES string of the molecule is Cc1nccc(-c2cccc(NC=C(C#N)C#N)c2)n1. The van der Waals surface area contributed by atoms with Crippen molar-refractivity contribution in [3.8, 4) is 23.4 Å². The zero-order valence-corrected chi connectivity index (χ0v) is 10.8. The van der Waals surface area contributed by atoms with Gasteiger partial charge in [0.2, 0.25) is 0 Å². The Morgan fingerprint density at radius 1 is 1.25 bits per heavy atom. The quantitative estimate of drug-likeness (QED) is 0.858. The molecule has 0 saturated heterocycles. The summed E-state index contributed by atoms with van der Waals surface area (Å²) in [6.45, 7) is 1.83. The lowest BCUT2D eigenvalue weighted by Gasteiger charge is -2.05. The molecule has 0 fully saturated rings. The maximum atomic E-state index is 8.67. The van der Waals surface area contributed by atoms with E-state index in [-0.39, 0.29) is 5.57 Å². The van der Waals surface area contributed by atoms with Gasteiger partial charge in [0, 0.05) is 23.6 Å². The van der Waals surface area contributed by atoms with E-state index in [1.165, 1.54) is 6.20 Å². The molecule has 0 atom stereocenters. The first kappa shape index (κ1) is 13.3. The minimum absolute atomic E-state index is 0.0216. The summed E-state index contributed by atoms with van der Waals surface area (Å²) >= 11 is 0. The van der Waals surface area contributed by atoms with Crippen LogP contribution in [0.5, 0.6) is 0 Å². The van der Waals surface area contributed by atoms with Gasteiger partial charge in [-0.15, -0.1) is 0 Å². The van der Waals surface area contributed by atoms with Crippen molar-refractivity contribution in [3.05, 3.63) is 54.1 Å². The van der Waals surface area contributed by atoms with E-state index in [1.54, 1.807) is 18.3 Å². The molecule has 20 heavy (non-hydrogen) atoms. The average molecular weight is 261 g/mol. The van der Waals surface area contributed by atoms with Crippen LogP contribution < -0.4 is 5.32 Å². The summed E-state index contributed by atoms with van der Waals surface area (Å²) in [7, 11) is 0. The summed E-state index contributed by atoms with van der Waals surface area (Å²) in [5.74, 6) is 0.706. The average Bonchev–Trinajstić information content (AvgIpc) is 2.49. The van der Waals surface area contributed by atoms with Crippen LogP contribution in [-0.4, -0.2) is 9.97 Å². The third-order valence-corrected chi connectivity index (χ3v) is 2.56. The highest BCUT2D eigenvalue weighted by Crippen LogP contribution is 2.20. The summed E-state index contributed by atoms with van der Waals surface area (Å²) in [5.41, 5.74) is 2.56. The number of nitriles is 2. The van der Waals surface area contributed by atoms with Crippen LogP contribution in [0.25, 0.3) is 11.3 Å². The molecule has 96 valence electrons. The van der Waals surface area contributed by atoms with Gasteiger partial charge in [-0.1, -0.05) is 12.1 Å². The third kappa shape index (κ3) is 3.18. The van der Waals surface area contributed by atoms with Gasteiger partial charge in [0.1, 0.15) is 23.5 Å². The fraction of sp³-hybridized carbons (Fsp3) is 0.0667. The van der Waals surface area contributed by atoms with Crippen LogP contribution >= 0.6 is 0 Å². The van der Waals surface area contributed by atoms with Gasteiger partial charge in [-0.25, -0.2) is 9.97 Å². The lowest BCUT2D eigenvalue weighted by atomic mass is 10.1. The van der Waals surface area contributed by atoms with E-state index in [9.17, 15) is 0 Å². The summed E-state index contributed by atoms with van der Waals surface area (Å²) in [6, 6.07) is 13.0. The Balaban J connectivity index is 2.28. The maximum absolute atomic E-state index is 8.67. The summed E-state index contributed by atoms with van der Waals surface area (Å²) < 4.78 is 0. The molecule has 0 spiro atoms. The largest absolute Gasteiger partial charge is 0.360 e. The first-order valence-electron chi connectivity index (χ1n) is 5.90. The van der Waals surface area contributed by atoms with Gasteiger partial charge in [-0.2, -0.15) is 10.5 Å². The number of rotatable bonds is 3. The highest BCUT2D eigenvalue weighted by Gasteiger charge is 2.01.